The van der Waals surface area contributed by atoms with Crippen LogP contribution in [0.2, 0.25) is 0 Å². The number of carboxylic acid groups (broad SMARTS) is 1. The Morgan fingerprint density at radius 1 is 1.37 bits per heavy atom. The fourth-order valence-electron chi connectivity index (χ4n) is 3.75. The van der Waals surface area contributed by atoms with Crippen LogP contribution in [0, 0.1) is 11.3 Å². The molecule has 108 valence electrons. The minimum atomic E-state index is -3.41. The molecule has 1 saturated carbocycles. The first kappa shape index (κ1) is 13.3. The highest BCUT2D eigenvalue weighted by atomic mass is 32.2. The van der Waals surface area contributed by atoms with Crippen LogP contribution in [0.4, 0.5) is 0 Å². The Bertz CT molecular complexity index is 484. The lowest BCUT2D eigenvalue weighted by atomic mass is 9.81. The van der Waals surface area contributed by atoms with Gasteiger partial charge in [0.05, 0.1) is 12.0 Å². The SMILES string of the molecule is O=C(O)[C@@]12CCC[C@H]1CN(S(=O)(=O)C1CCOC1)C2. The molecule has 3 aliphatic rings. The second-order valence-electron chi connectivity index (χ2n) is 5.87. The third-order valence-electron chi connectivity index (χ3n) is 4.93. The average Bonchev–Trinajstić information content (AvgIpc) is 3.04. The van der Waals surface area contributed by atoms with Crippen LogP contribution < -0.4 is 0 Å². The first-order valence-corrected chi connectivity index (χ1v) is 8.27. The first-order chi connectivity index (χ1) is 8.97. The van der Waals surface area contributed by atoms with Crippen LogP contribution in [0.5, 0.6) is 0 Å². The zero-order valence-electron chi connectivity index (χ0n) is 10.7. The van der Waals surface area contributed by atoms with Crippen LogP contribution in [0.1, 0.15) is 25.7 Å². The molecule has 6 nitrogen and oxygen atoms in total. The maximum Gasteiger partial charge on any atom is 0.311 e. The first-order valence-electron chi connectivity index (χ1n) is 6.77. The van der Waals surface area contributed by atoms with Crippen molar-refractivity contribution in [1.29, 1.82) is 0 Å². The standard InChI is InChI=1S/C12H19NO5S/c14-11(15)12-4-1-2-9(12)6-13(8-12)19(16,17)10-3-5-18-7-10/h9-10H,1-8H2,(H,14,15)/t9-,10?,12+/m0/s1. The fraction of sp³-hybridized carbons (Fsp3) is 0.917. The molecule has 0 aromatic carbocycles. The smallest absolute Gasteiger partial charge is 0.311 e. The van der Waals surface area contributed by atoms with Crippen LogP contribution in [0.25, 0.3) is 0 Å². The van der Waals surface area contributed by atoms with Gasteiger partial charge in [-0.05, 0) is 25.2 Å². The average molecular weight is 289 g/mol. The van der Waals surface area contributed by atoms with Gasteiger partial charge in [0.25, 0.3) is 0 Å². The summed E-state index contributed by atoms with van der Waals surface area (Å²) in [6.45, 7) is 1.23. The predicted molar refractivity (Wildman–Crippen MR) is 67.1 cm³/mol. The number of fused-ring (bicyclic) bond motifs is 1. The number of aliphatic carboxylic acids is 1. The molecule has 0 spiro atoms. The highest BCUT2D eigenvalue weighted by Crippen LogP contribution is 2.50. The molecule has 2 saturated heterocycles. The van der Waals surface area contributed by atoms with Crippen molar-refractivity contribution in [3.05, 3.63) is 0 Å². The molecule has 2 heterocycles. The number of hydrogen-bond donors (Lipinski definition) is 1. The van der Waals surface area contributed by atoms with E-state index in [0.29, 0.717) is 26.0 Å². The molecule has 0 radical (unpaired) electrons. The number of nitrogens with zero attached hydrogens (tertiary/aromatic N) is 1. The second kappa shape index (κ2) is 4.43. The van der Waals surface area contributed by atoms with Crippen molar-refractivity contribution in [3.8, 4) is 0 Å². The predicted octanol–water partition coefficient (Wildman–Crippen LogP) is 0.292. The summed E-state index contributed by atoms with van der Waals surface area (Å²) in [7, 11) is -3.41. The zero-order chi connectivity index (χ0) is 13.7. The van der Waals surface area contributed by atoms with E-state index in [2.05, 4.69) is 0 Å². The molecule has 7 heteroatoms. The summed E-state index contributed by atoms with van der Waals surface area (Å²) in [6, 6.07) is 0. The van der Waals surface area contributed by atoms with Gasteiger partial charge in [-0.15, -0.1) is 0 Å². The van der Waals surface area contributed by atoms with E-state index in [1.165, 1.54) is 4.31 Å². The summed E-state index contributed by atoms with van der Waals surface area (Å²) in [6.07, 6.45) is 2.82. The number of ether oxygens (including phenoxy) is 1. The van der Waals surface area contributed by atoms with Gasteiger partial charge in [-0.25, -0.2) is 12.7 Å². The molecule has 1 aliphatic carbocycles. The van der Waals surface area contributed by atoms with Crippen molar-refractivity contribution < 1.29 is 23.1 Å². The third kappa shape index (κ3) is 1.90. The lowest BCUT2D eigenvalue weighted by molar-refractivity contribution is -0.149. The molecule has 3 rings (SSSR count). The van der Waals surface area contributed by atoms with Crippen LogP contribution in [-0.4, -0.2) is 55.4 Å². The van der Waals surface area contributed by atoms with Gasteiger partial charge in [-0.2, -0.15) is 0 Å². The lowest BCUT2D eigenvalue weighted by Gasteiger charge is -2.24. The van der Waals surface area contributed by atoms with Crippen LogP contribution in [-0.2, 0) is 19.6 Å². The Labute approximate surface area is 112 Å². The van der Waals surface area contributed by atoms with Gasteiger partial charge < -0.3 is 9.84 Å². The van der Waals surface area contributed by atoms with E-state index in [1.54, 1.807) is 0 Å². The van der Waals surface area contributed by atoms with E-state index >= 15 is 0 Å². The number of carboxylic acids is 1. The third-order valence-corrected chi connectivity index (χ3v) is 7.15. The Morgan fingerprint density at radius 3 is 2.74 bits per heavy atom. The number of sulfonamides is 1. The summed E-state index contributed by atoms with van der Waals surface area (Å²) in [5, 5.41) is 8.99. The quantitative estimate of drug-likeness (QED) is 0.807. The van der Waals surface area contributed by atoms with Crippen LogP contribution in [0.15, 0.2) is 0 Å². The Balaban J connectivity index is 1.84. The lowest BCUT2D eigenvalue weighted by Crippen LogP contribution is -2.41. The van der Waals surface area contributed by atoms with E-state index < -0.39 is 26.7 Å². The molecule has 3 fully saturated rings. The van der Waals surface area contributed by atoms with Gasteiger partial charge in [-0.3, -0.25) is 4.79 Å². The monoisotopic (exact) mass is 289 g/mol. The summed E-state index contributed by atoms with van der Waals surface area (Å²) >= 11 is 0. The van der Waals surface area contributed by atoms with Crippen molar-refractivity contribution in [2.24, 2.45) is 11.3 Å². The highest BCUT2D eigenvalue weighted by Gasteiger charge is 2.57. The molecule has 1 N–H and O–H groups in total. The summed E-state index contributed by atoms with van der Waals surface area (Å²) in [5.41, 5.74) is -0.841. The normalized spacial score (nSPS) is 39.6. The molecule has 19 heavy (non-hydrogen) atoms. The van der Waals surface area contributed by atoms with Gasteiger partial charge in [0, 0.05) is 19.7 Å². The Hall–Kier alpha value is -0.660. The van der Waals surface area contributed by atoms with Crippen molar-refractivity contribution in [1.82, 2.24) is 4.31 Å². The van der Waals surface area contributed by atoms with Gasteiger partial charge in [-0.1, -0.05) is 6.42 Å². The summed E-state index contributed by atoms with van der Waals surface area (Å²) < 4.78 is 31.5. The summed E-state index contributed by atoms with van der Waals surface area (Å²) in [5.74, 6) is -0.863. The van der Waals surface area contributed by atoms with Crippen molar-refractivity contribution in [3.63, 3.8) is 0 Å². The van der Waals surface area contributed by atoms with Gasteiger partial charge in [0.1, 0.15) is 5.25 Å². The molecular weight excluding hydrogens is 270 g/mol. The maximum absolute atomic E-state index is 12.5. The van der Waals surface area contributed by atoms with Gasteiger partial charge >= 0.3 is 5.97 Å². The Morgan fingerprint density at radius 2 is 2.16 bits per heavy atom. The summed E-state index contributed by atoms with van der Waals surface area (Å²) in [4.78, 5) is 11.6. The van der Waals surface area contributed by atoms with Crippen molar-refractivity contribution >= 4 is 16.0 Å². The molecule has 2 aliphatic heterocycles. The number of rotatable bonds is 3. The van der Waals surface area contributed by atoms with Crippen molar-refractivity contribution in [2.75, 3.05) is 26.3 Å². The molecule has 0 bridgehead atoms. The van der Waals surface area contributed by atoms with E-state index in [9.17, 15) is 18.3 Å². The molecule has 0 aromatic rings. The molecule has 0 aromatic heterocycles. The van der Waals surface area contributed by atoms with Crippen LogP contribution in [0.3, 0.4) is 0 Å². The van der Waals surface area contributed by atoms with E-state index in [4.69, 9.17) is 4.74 Å². The van der Waals surface area contributed by atoms with E-state index in [-0.39, 0.29) is 19.1 Å². The fourth-order valence-corrected chi connectivity index (χ4v) is 5.63. The van der Waals surface area contributed by atoms with Crippen molar-refractivity contribution in [2.45, 2.75) is 30.9 Å². The van der Waals surface area contributed by atoms with E-state index in [0.717, 1.165) is 12.8 Å². The molecule has 3 atom stereocenters. The minimum absolute atomic E-state index is 0.0258. The Kier molecular flexibility index (Phi) is 3.11. The molecular formula is C12H19NO5S. The van der Waals surface area contributed by atoms with Gasteiger partial charge in [0.2, 0.25) is 10.0 Å². The van der Waals surface area contributed by atoms with E-state index in [1.807, 2.05) is 0 Å². The minimum Gasteiger partial charge on any atom is -0.481 e. The second-order valence-corrected chi connectivity index (χ2v) is 8.09. The molecule has 0 amide bonds. The molecule has 1 unspecified atom stereocenters. The van der Waals surface area contributed by atoms with Crippen LogP contribution >= 0.6 is 0 Å². The zero-order valence-corrected chi connectivity index (χ0v) is 11.6. The maximum atomic E-state index is 12.5. The highest BCUT2D eigenvalue weighted by molar-refractivity contribution is 7.89. The number of carbonyl (C=O) groups is 1. The van der Waals surface area contributed by atoms with Gasteiger partial charge in [0.15, 0.2) is 0 Å². The number of hydrogen-bond acceptors (Lipinski definition) is 4. The topological polar surface area (TPSA) is 83.9 Å². The largest absolute Gasteiger partial charge is 0.481 e.